The minimum atomic E-state index is -0.207. The van der Waals surface area contributed by atoms with E-state index >= 15 is 0 Å². The van der Waals surface area contributed by atoms with Gasteiger partial charge < -0.3 is 11.1 Å². The van der Waals surface area contributed by atoms with Crippen molar-refractivity contribution in [1.82, 2.24) is 4.90 Å². The second-order valence-electron chi connectivity index (χ2n) is 7.36. The van der Waals surface area contributed by atoms with Crippen molar-refractivity contribution in [3.8, 4) is 0 Å². The summed E-state index contributed by atoms with van der Waals surface area (Å²) in [6.07, 6.45) is 3.49. The molecule has 0 aromatic heterocycles. The zero-order valence-electron chi connectivity index (χ0n) is 16.2. The fourth-order valence-electron chi connectivity index (χ4n) is 3.54. The van der Waals surface area contributed by atoms with Crippen LogP contribution in [0.25, 0.3) is 5.57 Å². The predicted octanol–water partition coefficient (Wildman–Crippen LogP) is 3.43. The van der Waals surface area contributed by atoms with E-state index in [-0.39, 0.29) is 17.7 Å². The number of carbonyl (C=O) groups excluding carboxylic acids is 2. The Labute approximate surface area is 166 Å². The Morgan fingerprint density at radius 3 is 2.54 bits per heavy atom. The van der Waals surface area contributed by atoms with Crippen molar-refractivity contribution in [2.24, 2.45) is 11.7 Å². The molecule has 1 unspecified atom stereocenters. The number of nitrogens with two attached hydrogens (primary N) is 1. The molecule has 2 aromatic rings. The topological polar surface area (TPSA) is 75.4 Å². The lowest BCUT2D eigenvalue weighted by Crippen LogP contribution is -2.40. The lowest BCUT2D eigenvalue weighted by molar-refractivity contribution is -0.123. The number of nitrogens with one attached hydrogen (secondary N) is 1. The molecule has 1 atom stereocenters. The number of piperidine rings is 1. The van der Waals surface area contributed by atoms with Crippen molar-refractivity contribution >= 4 is 23.1 Å². The summed E-state index contributed by atoms with van der Waals surface area (Å²) in [6, 6.07) is 17.7. The first kappa shape index (κ1) is 19.8. The number of likely N-dealkylation sites (tertiary alicyclic amines) is 1. The molecule has 5 nitrogen and oxygen atoms in total. The van der Waals surface area contributed by atoms with Gasteiger partial charge in [-0.15, -0.1) is 0 Å². The van der Waals surface area contributed by atoms with Gasteiger partial charge in [0.25, 0.3) is 0 Å². The maximum Gasteiger partial charge on any atom is 0.248 e. The van der Waals surface area contributed by atoms with Crippen LogP contribution in [0.2, 0.25) is 0 Å². The van der Waals surface area contributed by atoms with Gasteiger partial charge in [0, 0.05) is 24.9 Å². The molecule has 3 rings (SSSR count). The molecule has 0 radical (unpaired) electrons. The number of benzene rings is 2. The molecule has 1 fully saturated rings. The van der Waals surface area contributed by atoms with Gasteiger partial charge in [-0.2, -0.15) is 0 Å². The second-order valence-corrected chi connectivity index (χ2v) is 7.36. The Balaban J connectivity index is 1.55. The molecule has 0 spiro atoms. The minimum absolute atomic E-state index is 0.0491. The van der Waals surface area contributed by atoms with Crippen LogP contribution in [0, 0.1) is 5.92 Å². The SMILES string of the molecule is C/C(=C\C(=O)Nc1ccc(CN2CCCC(C(N)=O)C2)cc1)c1ccccc1. The van der Waals surface area contributed by atoms with E-state index < -0.39 is 0 Å². The molecule has 0 bridgehead atoms. The predicted molar refractivity (Wildman–Crippen MR) is 112 cm³/mol. The molecule has 1 saturated heterocycles. The van der Waals surface area contributed by atoms with E-state index in [0.29, 0.717) is 0 Å². The maximum atomic E-state index is 12.3. The molecule has 5 heteroatoms. The Hall–Kier alpha value is -2.92. The smallest absolute Gasteiger partial charge is 0.248 e. The van der Waals surface area contributed by atoms with Crippen LogP contribution >= 0.6 is 0 Å². The number of carbonyl (C=O) groups is 2. The number of amides is 2. The van der Waals surface area contributed by atoms with Gasteiger partial charge in [0.15, 0.2) is 0 Å². The Bertz CT molecular complexity index is 844. The lowest BCUT2D eigenvalue weighted by atomic mass is 9.97. The Morgan fingerprint density at radius 1 is 1.14 bits per heavy atom. The summed E-state index contributed by atoms with van der Waals surface area (Å²) >= 11 is 0. The van der Waals surface area contributed by atoms with Gasteiger partial charge in [0.2, 0.25) is 11.8 Å². The minimum Gasteiger partial charge on any atom is -0.369 e. The molecular formula is C23H27N3O2. The number of hydrogen-bond acceptors (Lipinski definition) is 3. The first-order chi connectivity index (χ1) is 13.5. The van der Waals surface area contributed by atoms with Crippen molar-refractivity contribution in [2.45, 2.75) is 26.3 Å². The number of rotatable bonds is 6. The monoisotopic (exact) mass is 377 g/mol. The largest absolute Gasteiger partial charge is 0.369 e. The number of hydrogen-bond donors (Lipinski definition) is 2. The third-order valence-electron chi connectivity index (χ3n) is 5.11. The molecule has 0 saturated carbocycles. The highest BCUT2D eigenvalue weighted by Crippen LogP contribution is 2.19. The van der Waals surface area contributed by atoms with E-state index in [9.17, 15) is 9.59 Å². The molecular weight excluding hydrogens is 350 g/mol. The van der Waals surface area contributed by atoms with Gasteiger partial charge in [-0.25, -0.2) is 0 Å². The number of allylic oxidation sites excluding steroid dienone is 1. The highest BCUT2D eigenvalue weighted by atomic mass is 16.1. The molecule has 2 amide bonds. The zero-order chi connectivity index (χ0) is 19.9. The molecule has 28 heavy (non-hydrogen) atoms. The van der Waals surface area contributed by atoms with Crippen LogP contribution in [0.4, 0.5) is 5.69 Å². The van der Waals surface area contributed by atoms with Gasteiger partial charge in [0.1, 0.15) is 0 Å². The molecule has 2 aromatic carbocycles. The van der Waals surface area contributed by atoms with Gasteiger partial charge in [-0.1, -0.05) is 42.5 Å². The molecule has 146 valence electrons. The third kappa shape index (κ3) is 5.54. The van der Waals surface area contributed by atoms with Crippen molar-refractivity contribution < 1.29 is 9.59 Å². The quantitative estimate of drug-likeness (QED) is 0.758. The van der Waals surface area contributed by atoms with Crippen LogP contribution in [-0.4, -0.2) is 29.8 Å². The van der Waals surface area contributed by atoms with E-state index in [4.69, 9.17) is 5.73 Å². The van der Waals surface area contributed by atoms with E-state index in [2.05, 4.69) is 10.2 Å². The first-order valence-electron chi connectivity index (χ1n) is 9.66. The second kappa shape index (κ2) is 9.33. The molecule has 1 aliphatic heterocycles. The average molecular weight is 377 g/mol. The highest BCUT2D eigenvalue weighted by Gasteiger charge is 2.23. The van der Waals surface area contributed by atoms with Crippen LogP contribution in [0.5, 0.6) is 0 Å². The summed E-state index contributed by atoms with van der Waals surface area (Å²) in [4.78, 5) is 25.9. The van der Waals surface area contributed by atoms with Crippen molar-refractivity contribution in [3.05, 3.63) is 71.8 Å². The molecule has 1 aliphatic rings. The fourth-order valence-corrected chi connectivity index (χ4v) is 3.54. The summed E-state index contributed by atoms with van der Waals surface area (Å²) in [7, 11) is 0. The summed E-state index contributed by atoms with van der Waals surface area (Å²) in [5.41, 5.74) is 9.32. The Kier molecular flexibility index (Phi) is 6.61. The summed E-state index contributed by atoms with van der Waals surface area (Å²) in [5, 5.41) is 2.91. The van der Waals surface area contributed by atoms with E-state index in [1.165, 1.54) is 0 Å². The lowest BCUT2D eigenvalue weighted by Gasteiger charge is -2.31. The third-order valence-corrected chi connectivity index (χ3v) is 5.11. The van der Waals surface area contributed by atoms with Crippen LogP contribution in [0.3, 0.4) is 0 Å². The fraction of sp³-hybridized carbons (Fsp3) is 0.304. The van der Waals surface area contributed by atoms with Gasteiger partial charge in [-0.05, 0) is 55.1 Å². The van der Waals surface area contributed by atoms with E-state index in [0.717, 1.165) is 54.9 Å². The van der Waals surface area contributed by atoms with Gasteiger partial charge >= 0.3 is 0 Å². The normalized spacial score (nSPS) is 17.9. The van der Waals surface area contributed by atoms with E-state index in [1.807, 2.05) is 61.5 Å². The van der Waals surface area contributed by atoms with Crippen LogP contribution < -0.4 is 11.1 Å². The first-order valence-corrected chi connectivity index (χ1v) is 9.66. The van der Waals surface area contributed by atoms with Crippen molar-refractivity contribution in [2.75, 3.05) is 18.4 Å². The van der Waals surface area contributed by atoms with Crippen molar-refractivity contribution in [3.63, 3.8) is 0 Å². The van der Waals surface area contributed by atoms with Gasteiger partial charge in [0.05, 0.1) is 5.92 Å². The highest BCUT2D eigenvalue weighted by molar-refractivity contribution is 6.03. The number of primary amides is 1. The average Bonchev–Trinajstić information content (AvgIpc) is 2.70. The van der Waals surface area contributed by atoms with Gasteiger partial charge in [-0.3, -0.25) is 14.5 Å². The molecule has 1 heterocycles. The maximum absolute atomic E-state index is 12.3. The Morgan fingerprint density at radius 2 is 1.86 bits per heavy atom. The van der Waals surface area contributed by atoms with Crippen molar-refractivity contribution in [1.29, 1.82) is 0 Å². The van der Waals surface area contributed by atoms with Crippen LogP contribution in [0.1, 0.15) is 30.9 Å². The molecule has 0 aliphatic carbocycles. The summed E-state index contributed by atoms with van der Waals surface area (Å²) < 4.78 is 0. The van der Waals surface area contributed by atoms with Crippen LogP contribution in [-0.2, 0) is 16.1 Å². The summed E-state index contributed by atoms with van der Waals surface area (Å²) in [5.74, 6) is -0.400. The number of nitrogens with zero attached hydrogens (tertiary/aromatic N) is 1. The number of anilines is 1. The molecule has 3 N–H and O–H groups in total. The zero-order valence-corrected chi connectivity index (χ0v) is 16.2. The standard InChI is InChI=1S/C23H27N3O2/c1-17(19-6-3-2-4-7-19)14-22(27)25-21-11-9-18(10-12-21)15-26-13-5-8-20(16-26)23(24)28/h2-4,6-7,9-12,14,20H,5,8,13,15-16H2,1H3,(H2,24,28)(H,25,27)/b17-14+. The summed E-state index contributed by atoms with van der Waals surface area (Å²) in [6.45, 7) is 4.41. The van der Waals surface area contributed by atoms with Crippen LogP contribution in [0.15, 0.2) is 60.7 Å². The van der Waals surface area contributed by atoms with E-state index in [1.54, 1.807) is 6.08 Å².